The first-order valence-electron chi connectivity index (χ1n) is 14.2. The second-order valence-electron chi connectivity index (χ2n) is 10.5. The molecule has 44 heavy (non-hydrogen) atoms. The zero-order chi connectivity index (χ0) is 31.2. The number of anilines is 2. The number of imide groups is 1. The van der Waals surface area contributed by atoms with Crippen LogP contribution < -0.4 is 19.7 Å². The molecule has 4 amide bonds. The minimum atomic E-state index is -0.515. The Morgan fingerprint density at radius 2 is 1.66 bits per heavy atom. The van der Waals surface area contributed by atoms with Gasteiger partial charge in [0.05, 0.1) is 12.0 Å². The molecule has 11 heteroatoms. The van der Waals surface area contributed by atoms with Crippen molar-refractivity contribution in [2.45, 2.75) is 13.8 Å². The molecule has 3 aromatic carbocycles. The van der Waals surface area contributed by atoms with Crippen molar-refractivity contribution in [1.82, 2.24) is 9.80 Å². The van der Waals surface area contributed by atoms with E-state index in [1.807, 2.05) is 62.4 Å². The smallest absolute Gasteiger partial charge is 0.294 e. The van der Waals surface area contributed by atoms with Crippen LogP contribution in [0.1, 0.15) is 16.7 Å². The number of thioether (sulfide) groups is 1. The fourth-order valence-electron chi connectivity index (χ4n) is 4.93. The third kappa shape index (κ3) is 7.23. The second kappa shape index (κ2) is 13.7. The van der Waals surface area contributed by atoms with E-state index in [4.69, 9.17) is 9.47 Å². The fraction of sp³-hybridized carbons (Fsp3) is 0.273. The van der Waals surface area contributed by atoms with Gasteiger partial charge in [-0.25, -0.2) is 0 Å². The Hall–Kier alpha value is -4.77. The summed E-state index contributed by atoms with van der Waals surface area (Å²) >= 11 is 0.792. The molecular formula is C33H34N4O6S. The number of amides is 4. The van der Waals surface area contributed by atoms with Crippen LogP contribution in [0.15, 0.2) is 71.6 Å². The Balaban J connectivity index is 1.16. The number of rotatable bonds is 9. The van der Waals surface area contributed by atoms with Gasteiger partial charge in [-0.3, -0.25) is 24.1 Å². The molecule has 10 nitrogen and oxygen atoms in total. The molecule has 2 aliphatic heterocycles. The van der Waals surface area contributed by atoms with Gasteiger partial charge < -0.3 is 24.6 Å². The first-order valence-corrected chi connectivity index (χ1v) is 15.0. The van der Waals surface area contributed by atoms with Gasteiger partial charge in [-0.05, 0) is 84.8 Å². The quantitative estimate of drug-likeness (QED) is 0.345. The molecule has 0 aliphatic carbocycles. The Kier molecular flexibility index (Phi) is 9.54. The largest absolute Gasteiger partial charge is 0.493 e. The van der Waals surface area contributed by atoms with Gasteiger partial charge in [0.15, 0.2) is 18.1 Å². The number of hydrogen-bond donors (Lipinski definition) is 1. The first kappa shape index (κ1) is 30.7. The van der Waals surface area contributed by atoms with Crippen LogP contribution in [-0.2, 0) is 14.4 Å². The highest BCUT2D eigenvalue weighted by molar-refractivity contribution is 8.18. The normalized spacial score (nSPS) is 16.0. The highest BCUT2D eigenvalue weighted by Crippen LogP contribution is 2.34. The fourth-order valence-corrected chi connectivity index (χ4v) is 5.77. The van der Waals surface area contributed by atoms with Crippen LogP contribution in [-0.4, -0.2) is 79.2 Å². The molecule has 0 aromatic heterocycles. The molecule has 2 heterocycles. The average Bonchev–Trinajstić information content (AvgIpc) is 3.29. The summed E-state index contributed by atoms with van der Waals surface area (Å²) in [5.41, 5.74) is 4.59. The molecule has 0 unspecified atom stereocenters. The summed E-state index contributed by atoms with van der Waals surface area (Å²) in [5.74, 6) is -0.377. The van der Waals surface area contributed by atoms with Crippen LogP contribution in [0.25, 0.3) is 6.08 Å². The number of para-hydroxylation sites is 1. The summed E-state index contributed by atoms with van der Waals surface area (Å²) in [6.07, 6.45) is 1.58. The number of aryl methyl sites for hydroxylation is 2. The zero-order valence-corrected chi connectivity index (χ0v) is 25.7. The van der Waals surface area contributed by atoms with E-state index in [9.17, 15) is 19.2 Å². The Bertz CT molecular complexity index is 1600. The number of hydrogen-bond acceptors (Lipinski definition) is 8. The van der Waals surface area contributed by atoms with E-state index in [2.05, 4.69) is 10.2 Å². The van der Waals surface area contributed by atoms with Crippen molar-refractivity contribution < 1.29 is 28.7 Å². The molecule has 0 saturated carbocycles. The summed E-state index contributed by atoms with van der Waals surface area (Å²) in [7, 11) is 1.47. The molecular weight excluding hydrogens is 580 g/mol. The van der Waals surface area contributed by atoms with Crippen molar-refractivity contribution in [2.24, 2.45) is 0 Å². The lowest BCUT2D eigenvalue weighted by Crippen LogP contribution is -2.51. The predicted octanol–water partition coefficient (Wildman–Crippen LogP) is 4.71. The van der Waals surface area contributed by atoms with Crippen molar-refractivity contribution in [3.05, 3.63) is 88.3 Å². The molecule has 2 fully saturated rings. The van der Waals surface area contributed by atoms with Gasteiger partial charge in [0.25, 0.3) is 17.1 Å². The van der Waals surface area contributed by atoms with Gasteiger partial charge in [-0.2, -0.15) is 0 Å². The number of methoxy groups -OCH3 is 1. The Morgan fingerprint density at radius 3 is 2.36 bits per heavy atom. The Labute approximate surface area is 260 Å². The van der Waals surface area contributed by atoms with E-state index >= 15 is 0 Å². The van der Waals surface area contributed by atoms with Crippen LogP contribution in [0.5, 0.6) is 11.5 Å². The minimum absolute atomic E-state index is 0.209. The van der Waals surface area contributed by atoms with Crippen LogP contribution in [0.4, 0.5) is 16.2 Å². The number of nitrogens with zero attached hydrogens (tertiary/aromatic N) is 3. The molecule has 2 aliphatic rings. The minimum Gasteiger partial charge on any atom is -0.493 e. The third-order valence-corrected chi connectivity index (χ3v) is 8.46. The van der Waals surface area contributed by atoms with E-state index in [0.29, 0.717) is 48.9 Å². The molecule has 228 valence electrons. The molecule has 5 rings (SSSR count). The SMILES string of the molecule is COc1cc(/C=C2/SC(=O)N(CC(=O)N3CCN(c4ccccc4)CC3)C2=O)ccc1OCC(=O)Nc1ccc(C)c(C)c1. The lowest BCUT2D eigenvalue weighted by atomic mass is 10.1. The summed E-state index contributed by atoms with van der Waals surface area (Å²) in [6.45, 7) is 5.84. The number of carbonyl (C=O) groups is 4. The maximum Gasteiger partial charge on any atom is 0.294 e. The number of ether oxygens (including phenoxy) is 2. The molecule has 0 spiro atoms. The third-order valence-electron chi connectivity index (χ3n) is 7.56. The molecule has 3 aromatic rings. The van der Waals surface area contributed by atoms with E-state index in [1.165, 1.54) is 7.11 Å². The van der Waals surface area contributed by atoms with E-state index < -0.39 is 11.1 Å². The van der Waals surface area contributed by atoms with Crippen molar-refractivity contribution in [2.75, 3.05) is 56.7 Å². The summed E-state index contributed by atoms with van der Waals surface area (Å²) in [5, 5.41) is 2.33. The summed E-state index contributed by atoms with van der Waals surface area (Å²) < 4.78 is 11.1. The Morgan fingerprint density at radius 1 is 0.909 bits per heavy atom. The zero-order valence-electron chi connectivity index (χ0n) is 24.9. The molecule has 0 radical (unpaired) electrons. The molecule has 0 bridgehead atoms. The van der Waals surface area contributed by atoms with Crippen molar-refractivity contribution in [1.29, 1.82) is 0 Å². The van der Waals surface area contributed by atoms with Gasteiger partial charge >= 0.3 is 0 Å². The van der Waals surface area contributed by atoms with Crippen LogP contribution in [0, 0.1) is 13.8 Å². The van der Waals surface area contributed by atoms with Crippen molar-refractivity contribution in [3.63, 3.8) is 0 Å². The summed E-state index contributed by atoms with van der Waals surface area (Å²) in [4.78, 5) is 56.3. The monoisotopic (exact) mass is 614 g/mol. The van der Waals surface area contributed by atoms with Crippen LogP contribution in [0.2, 0.25) is 0 Å². The van der Waals surface area contributed by atoms with Gasteiger partial charge in [0.2, 0.25) is 5.91 Å². The van der Waals surface area contributed by atoms with Gasteiger partial charge in [-0.1, -0.05) is 30.3 Å². The van der Waals surface area contributed by atoms with E-state index in [0.717, 1.165) is 33.5 Å². The first-order chi connectivity index (χ1) is 21.2. The lowest BCUT2D eigenvalue weighted by Gasteiger charge is -2.36. The molecule has 2 saturated heterocycles. The van der Waals surface area contributed by atoms with E-state index in [1.54, 1.807) is 29.2 Å². The second-order valence-corrected chi connectivity index (χ2v) is 11.5. The predicted molar refractivity (Wildman–Crippen MR) is 171 cm³/mol. The summed E-state index contributed by atoms with van der Waals surface area (Å²) in [6, 6.07) is 20.7. The van der Waals surface area contributed by atoms with Gasteiger partial charge in [0, 0.05) is 37.6 Å². The van der Waals surface area contributed by atoms with Crippen molar-refractivity contribution in [3.8, 4) is 11.5 Å². The maximum atomic E-state index is 13.1. The topological polar surface area (TPSA) is 108 Å². The van der Waals surface area contributed by atoms with Gasteiger partial charge in [-0.15, -0.1) is 0 Å². The molecule has 1 N–H and O–H groups in total. The van der Waals surface area contributed by atoms with E-state index in [-0.39, 0.29) is 29.9 Å². The molecule has 0 atom stereocenters. The maximum absolute atomic E-state index is 13.1. The van der Waals surface area contributed by atoms with Crippen LogP contribution in [0.3, 0.4) is 0 Å². The number of benzene rings is 3. The number of carbonyl (C=O) groups excluding carboxylic acids is 4. The lowest BCUT2D eigenvalue weighted by molar-refractivity contribution is -0.136. The van der Waals surface area contributed by atoms with Crippen LogP contribution >= 0.6 is 11.8 Å². The number of nitrogens with one attached hydrogen (secondary N) is 1. The van der Waals surface area contributed by atoms with Gasteiger partial charge in [0.1, 0.15) is 6.54 Å². The number of piperazine rings is 1. The highest BCUT2D eigenvalue weighted by atomic mass is 32.2. The highest BCUT2D eigenvalue weighted by Gasteiger charge is 2.37. The standard InChI is InChI=1S/C33H34N4O6S/c1-22-9-11-25(17-23(22)2)34-30(38)21-43-27-12-10-24(18-28(27)42-3)19-29-32(40)37(33(41)44-29)20-31(39)36-15-13-35(14-16-36)26-7-5-4-6-8-26/h4-12,17-19H,13-16,20-21H2,1-3H3,(H,34,38)/b29-19+. The average molecular weight is 615 g/mol. The van der Waals surface area contributed by atoms with Crippen molar-refractivity contribution >= 4 is 52.2 Å².